The van der Waals surface area contributed by atoms with E-state index in [1.165, 1.54) is 16.7 Å². The van der Waals surface area contributed by atoms with Gasteiger partial charge in [0.25, 0.3) is 0 Å². The van der Waals surface area contributed by atoms with Crippen LogP contribution < -0.4 is 5.32 Å². The number of aromatic nitrogens is 4. The number of rotatable bonds is 4. The van der Waals surface area contributed by atoms with Gasteiger partial charge in [-0.15, -0.1) is 5.10 Å². The molecule has 1 aliphatic heterocycles. The zero-order valence-corrected chi connectivity index (χ0v) is 10.1. The Labute approximate surface area is 102 Å². The number of amides is 3. The normalized spacial score (nSPS) is 15.1. The molecule has 0 unspecified atom stereocenters. The molecule has 1 aromatic rings. The summed E-state index contributed by atoms with van der Waals surface area (Å²) in [7, 11) is 0. The number of urea groups is 1. The maximum Gasteiger partial charge on any atom is 0.324 e. The molecular weight excluding hydrogens is 244 g/mol. The molecule has 0 radical (unpaired) electrons. The van der Waals surface area contributed by atoms with Crippen molar-refractivity contribution >= 4 is 23.7 Å². The van der Waals surface area contributed by atoms with E-state index in [4.69, 9.17) is 0 Å². The predicted octanol–water partition coefficient (Wildman–Crippen LogP) is -0.663. The van der Waals surface area contributed by atoms with E-state index in [1.807, 2.05) is 6.92 Å². The minimum atomic E-state index is -0.328. The number of hydrogen-bond acceptors (Lipinski definition) is 6. The van der Waals surface area contributed by atoms with Crippen LogP contribution >= 0.6 is 11.8 Å². The third kappa shape index (κ3) is 2.54. The highest BCUT2D eigenvalue weighted by Gasteiger charge is 2.26. The Balaban J connectivity index is 1.90. The van der Waals surface area contributed by atoms with Crippen LogP contribution in [0.25, 0.3) is 0 Å². The molecule has 1 aliphatic rings. The Morgan fingerprint density at radius 3 is 3.06 bits per heavy atom. The van der Waals surface area contributed by atoms with Gasteiger partial charge in [0.1, 0.15) is 0 Å². The van der Waals surface area contributed by atoms with Gasteiger partial charge in [-0.2, -0.15) is 0 Å². The zero-order chi connectivity index (χ0) is 12.3. The number of carbonyl (C=O) groups is 2. The molecular formula is C8H12N6O2S. The van der Waals surface area contributed by atoms with E-state index >= 15 is 0 Å². The Morgan fingerprint density at radius 1 is 1.59 bits per heavy atom. The number of tetrazole rings is 1. The summed E-state index contributed by atoms with van der Waals surface area (Å²) >= 11 is 1.23. The monoisotopic (exact) mass is 256 g/mol. The van der Waals surface area contributed by atoms with Crippen molar-refractivity contribution in [2.45, 2.75) is 18.6 Å². The van der Waals surface area contributed by atoms with Gasteiger partial charge in [-0.3, -0.25) is 9.69 Å². The lowest BCUT2D eigenvalue weighted by Crippen LogP contribution is -2.35. The minimum absolute atomic E-state index is 0.161. The number of hydrogen-bond donors (Lipinski definition) is 1. The zero-order valence-electron chi connectivity index (χ0n) is 9.29. The van der Waals surface area contributed by atoms with Crippen LogP contribution in [0.15, 0.2) is 5.16 Å². The summed E-state index contributed by atoms with van der Waals surface area (Å²) < 4.78 is 1.60. The highest BCUT2D eigenvalue weighted by Crippen LogP contribution is 2.14. The van der Waals surface area contributed by atoms with E-state index in [2.05, 4.69) is 20.8 Å². The van der Waals surface area contributed by atoms with Crippen molar-refractivity contribution < 1.29 is 9.59 Å². The summed E-state index contributed by atoms with van der Waals surface area (Å²) in [6.07, 6.45) is 0. The molecule has 17 heavy (non-hydrogen) atoms. The summed E-state index contributed by atoms with van der Waals surface area (Å²) in [6, 6.07) is -0.328. The van der Waals surface area contributed by atoms with Crippen molar-refractivity contribution in [3.05, 3.63) is 0 Å². The fourth-order valence-corrected chi connectivity index (χ4v) is 2.23. The molecule has 0 aromatic carbocycles. The maximum atomic E-state index is 11.7. The second-order valence-corrected chi connectivity index (χ2v) is 4.29. The highest BCUT2D eigenvalue weighted by atomic mass is 32.2. The van der Waals surface area contributed by atoms with Crippen LogP contribution in [0.4, 0.5) is 4.79 Å². The van der Waals surface area contributed by atoms with E-state index in [0.29, 0.717) is 24.8 Å². The summed E-state index contributed by atoms with van der Waals surface area (Å²) in [5.41, 5.74) is 0. The molecule has 9 heteroatoms. The molecule has 0 aliphatic carbocycles. The van der Waals surface area contributed by atoms with Crippen LogP contribution in [-0.4, -0.2) is 55.9 Å². The molecule has 1 saturated heterocycles. The third-order valence-corrected chi connectivity index (χ3v) is 3.22. The van der Waals surface area contributed by atoms with E-state index in [0.717, 1.165) is 0 Å². The molecule has 2 heterocycles. The molecule has 0 bridgehead atoms. The molecule has 0 spiro atoms. The van der Waals surface area contributed by atoms with E-state index < -0.39 is 0 Å². The predicted molar refractivity (Wildman–Crippen MR) is 59.3 cm³/mol. The molecule has 3 amide bonds. The lowest BCUT2D eigenvalue weighted by molar-refractivity contribution is -0.124. The van der Waals surface area contributed by atoms with E-state index in [-0.39, 0.29) is 17.7 Å². The average Bonchev–Trinajstić information content (AvgIpc) is 2.94. The van der Waals surface area contributed by atoms with Gasteiger partial charge in [0.05, 0.1) is 5.75 Å². The second-order valence-electron chi connectivity index (χ2n) is 3.34. The number of nitrogens with zero attached hydrogens (tertiary/aromatic N) is 5. The quantitative estimate of drug-likeness (QED) is 0.719. The number of carbonyl (C=O) groups excluding carboxylic acids is 2. The van der Waals surface area contributed by atoms with Crippen LogP contribution in [0.3, 0.4) is 0 Å². The van der Waals surface area contributed by atoms with Gasteiger partial charge in [0.15, 0.2) is 0 Å². The first-order valence-electron chi connectivity index (χ1n) is 5.19. The summed E-state index contributed by atoms with van der Waals surface area (Å²) in [5.74, 6) is -0.0657. The molecule has 1 N–H and O–H groups in total. The Hall–Kier alpha value is -1.64. The summed E-state index contributed by atoms with van der Waals surface area (Å²) in [6.45, 7) is 3.50. The molecule has 8 nitrogen and oxygen atoms in total. The maximum absolute atomic E-state index is 11.7. The first-order chi connectivity index (χ1) is 8.22. The van der Waals surface area contributed by atoms with Gasteiger partial charge in [-0.05, 0) is 17.4 Å². The van der Waals surface area contributed by atoms with Crippen LogP contribution in [0.1, 0.15) is 6.92 Å². The minimum Gasteiger partial charge on any atom is -0.336 e. The second kappa shape index (κ2) is 5.13. The SMILES string of the molecule is CCn1nnnc1SCC(=O)N1CCNC1=O. The molecule has 92 valence electrons. The van der Waals surface area contributed by atoms with E-state index in [9.17, 15) is 9.59 Å². The first kappa shape index (κ1) is 11.8. The van der Waals surface area contributed by atoms with Gasteiger partial charge < -0.3 is 5.32 Å². The van der Waals surface area contributed by atoms with Crippen molar-refractivity contribution in [2.75, 3.05) is 18.8 Å². The number of aryl methyl sites for hydroxylation is 1. The topological polar surface area (TPSA) is 93.0 Å². The lowest BCUT2D eigenvalue weighted by atomic mass is 10.5. The van der Waals surface area contributed by atoms with Gasteiger partial charge in [-0.1, -0.05) is 11.8 Å². The average molecular weight is 256 g/mol. The molecule has 0 atom stereocenters. The van der Waals surface area contributed by atoms with Crippen molar-refractivity contribution in [2.24, 2.45) is 0 Å². The highest BCUT2D eigenvalue weighted by molar-refractivity contribution is 7.99. The van der Waals surface area contributed by atoms with Crippen LogP contribution in [0.2, 0.25) is 0 Å². The van der Waals surface area contributed by atoms with Gasteiger partial charge in [-0.25, -0.2) is 9.48 Å². The number of thioether (sulfide) groups is 1. The van der Waals surface area contributed by atoms with Crippen molar-refractivity contribution in [1.29, 1.82) is 0 Å². The van der Waals surface area contributed by atoms with Crippen molar-refractivity contribution in [3.8, 4) is 0 Å². The molecule has 1 aromatic heterocycles. The summed E-state index contributed by atoms with van der Waals surface area (Å²) in [4.78, 5) is 24.2. The summed E-state index contributed by atoms with van der Waals surface area (Å²) in [5, 5.41) is 14.2. The Bertz CT molecular complexity index is 433. The van der Waals surface area contributed by atoms with Crippen LogP contribution in [0, 0.1) is 0 Å². The largest absolute Gasteiger partial charge is 0.336 e. The Kier molecular flexibility index (Phi) is 3.57. The van der Waals surface area contributed by atoms with E-state index in [1.54, 1.807) is 4.68 Å². The van der Waals surface area contributed by atoms with Crippen LogP contribution in [-0.2, 0) is 11.3 Å². The fourth-order valence-electron chi connectivity index (χ4n) is 1.41. The molecule has 1 fully saturated rings. The van der Waals surface area contributed by atoms with Gasteiger partial charge >= 0.3 is 6.03 Å². The fraction of sp³-hybridized carbons (Fsp3) is 0.625. The Morgan fingerprint density at radius 2 is 2.41 bits per heavy atom. The van der Waals surface area contributed by atoms with Crippen molar-refractivity contribution in [3.63, 3.8) is 0 Å². The number of imide groups is 1. The standard InChI is InChI=1S/C8H12N6O2S/c1-2-14-8(10-11-12-14)17-5-6(15)13-4-3-9-7(13)16/h2-5H2,1H3,(H,9,16). The number of nitrogens with one attached hydrogen (secondary N) is 1. The van der Waals surface area contributed by atoms with Crippen molar-refractivity contribution in [1.82, 2.24) is 30.4 Å². The first-order valence-corrected chi connectivity index (χ1v) is 6.18. The molecule has 0 saturated carbocycles. The van der Waals surface area contributed by atoms with Crippen LogP contribution in [0.5, 0.6) is 0 Å². The lowest BCUT2D eigenvalue weighted by Gasteiger charge is -2.10. The van der Waals surface area contributed by atoms with Gasteiger partial charge in [0.2, 0.25) is 11.1 Å². The smallest absolute Gasteiger partial charge is 0.324 e. The third-order valence-electron chi connectivity index (χ3n) is 2.28. The van der Waals surface area contributed by atoms with Gasteiger partial charge in [0, 0.05) is 19.6 Å². The molecule has 2 rings (SSSR count).